The average Bonchev–Trinajstić information content (AvgIpc) is 2.79. The normalized spacial score (nSPS) is 16.4. The monoisotopic (exact) mass is 427 g/mol. The summed E-state index contributed by atoms with van der Waals surface area (Å²) in [7, 11) is 3.78. The molecule has 1 saturated heterocycles. The second kappa shape index (κ2) is 12.1. The number of benzene rings is 2. The van der Waals surface area contributed by atoms with Crippen LogP contribution in [0, 0.1) is 0 Å². The van der Waals surface area contributed by atoms with Gasteiger partial charge in [0.15, 0.2) is 11.5 Å². The van der Waals surface area contributed by atoms with Crippen LogP contribution >= 0.6 is 0 Å². The summed E-state index contributed by atoms with van der Waals surface area (Å²) in [4.78, 5) is 7.00. The summed E-state index contributed by atoms with van der Waals surface area (Å²) in [6.07, 6.45) is -0.526. The average molecular weight is 428 g/mol. The SMILES string of the molecule is CCN(Cc1ccccc1)Cc1ccc(OC)c(OC[C@@H](O)CN2CCN(C)CC2)c1. The van der Waals surface area contributed by atoms with E-state index in [1.165, 1.54) is 11.1 Å². The van der Waals surface area contributed by atoms with E-state index in [4.69, 9.17) is 9.47 Å². The molecular weight excluding hydrogens is 390 g/mol. The molecule has 3 rings (SSSR count). The lowest BCUT2D eigenvalue weighted by molar-refractivity contribution is 0.0497. The highest BCUT2D eigenvalue weighted by Gasteiger charge is 2.18. The van der Waals surface area contributed by atoms with Crippen LogP contribution in [-0.4, -0.2) is 85.9 Å². The van der Waals surface area contributed by atoms with Crippen LogP contribution in [-0.2, 0) is 13.1 Å². The van der Waals surface area contributed by atoms with E-state index in [2.05, 4.69) is 59.0 Å². The molecule has 1 N–H and O–H groups in total. The molecule has 0 aromatic heterocycles. The van der Waals surface area contributed by atoms with Crippen molar-refractivity contribution in [3.05, 3.63) is 59.7 Å². The molecule has 0 radical (unpaired) electrons. The number of methoxy groups -OCH3 is 1. The third-order valence-electron chi connectivity index (χ3n) is 5.83. The van der Waals surface area contributed by atoms with Crippen molar-refractivity contribution in [3.8, 4) is 11.5 Å². The zero-order valence-electron chi connectivity index (χ0n) is 19.2. The number of ether oxygens (including phenoxy) is 2. The molecule has 1 fully saturated rings. The van der Waals surface area contributed by atoms with E-state index >= 15 is 0 Å². The topological polar surface area (TPSA) is 48.4 Å². The minimum absolute atomic E-state index is 0.258. The smallest absolute Gasteiger partial charge is 0.161 e. The van der Waals surface area contributed by atoms with Gasteiger partial charge >= 0.3 is 0 Å². The van der Waals surface area contributed by atoms with Gasteiger partial charge in [-0.25, -0.2) is 0 Å². The van der Waals surface area contributed by atoms with E-state index in [-0.39, 0.29) is 6.61 Å². The lowest BCUT2D eigenvalue weighted by Gasteiger charge is -2.33. The van der Waals surface area contributed by atoms with Crippen LogP contribution in [0.4, 0.5) is 0 Å². The van der Waals surface area contributed by atoms with Crippen LogP contribution in [0.15, 0.2) is 48.5 Å². The summed E-state index contributed by atoms with van der Waals surface area (Å²) >= 11 is 0. The van der Waals surface area contributed by atoms with Gasteiger partial charge in [-0.15, -0.1) is 0 Å². The minimum Gasteiger partial charge on any atom is -0.493 e. The van der Waals surface area contributed by atoms with E-state index < -0.39 is 6.10 Å². The summed E-state index contributed by atoms with van der Waals surface area (Å²) in [5.41, 5.74) is 2.48. The van der Waals surface area contributed by atoms with Gasteiger partial charge in [0.2, 0.25) is 0 Å². The summed E-state index contributed by atoms with van der Waals surface area (Å²) in [5, 5.41) is 10.5. The molecule has 1 aliphatic heterocycles. The first-order chi connectivity index (χ1) is 15.1. The standard InChI is InChI=1S/C25H37N3O3/c1-4-27(17-21-8-6-5-7-9-21)18-22-10-11-24(30-3)25(16-22)31-20-23(29)19-28-14-12-26(2)13-15-28/h5-11,16,23,29H,4,12-15,17-20H2,1-3H3/t23-/m0/s1. The first-order valence-electron chi connectivity index (χ1n) is 11.2. The maximum atomic E-state index is 10.5. The Morgan fingerprint density at radius 2 is 1.68 bits per heavy atom. The predicted octanol–water partition coefficient (Wildman–Crippen LogP) is 2.70. The van der Waals surface area contributed by atoms with Gasteiger partial charge in [0.1, 0.15) is 12.7 Å². The Labute approximate surface area is 187 Å². The largest absolute Gasteiger partial charge is 0.493 e. The van der Waals surface area contributed by atoms with Crippen LogP contribution in [0.3, 0.4) is 0 Å². The van der Waals surface area contributed by atoms with Gasteiger partial charge in [0.05, 0.1) is 7.11 Å². The molecule has 170 valence electrons. The first kappa shape index (κ1) is 23.5. The number of piperazine rings is 1. The van der Waals surface area contributed by atoms with Crippen molar-refractivity contribution in [1.29, 1.82) is 0 Å². The maximum Gasteiger partial charge on any atom is 0.161 e. The van der Waals surface area contributed by atoms with Gasteiger partial charge in [-0.05, 0) is 36.9 Å². The second-order valence-electron chi connectivity index (χ2n) is 8.34. The number of likely N-dealkylation sites (N-methyl/N-ethyl adjacent to an activating group) is 1. The molecule has 1 atom stereocenters. The van der Waals surface area contributed by atoms with Crippen molar-refractivity contribution < 1.29 is 14.6 Å². The van der Waals surface area contributed by atoms with Gasteiger partial charge in [0.25, 0.3) is 0 Å². The third-order valence-corrected chi connectivity index (χ3v) is 5.83. The van der Waals surface area contributed by atoms with Crippen molar-refractivity contribution >= 4 is 0 Å². The van der Waals surface area contributed by atoms with Crippen LogP contribution in [0.1, 0.15) is 18.1 Å². The van der Waals surface area contributed by atoms with Crippen molar-refractivity contribution in [1.82, 2.24) is 14.7 Å². The molecule has 31 heavy (non-hydrogen) atoms. The molecule has 6 nitrogen and oxygen atoms in total. The molecule has 2 aromatic carbocycles. The van der Waals surface area contributed by atoms with Gasteiger partial charge in [-0.1, -0.05) is 43.3 Å². The first-order valence-corrected chi connectivity index (χ1v) is 11.2. The molecule has 6 heteroatoms. The molecule has 0 aliphatic carbocycles. The molecular formula is C25H37N3O3. The molecule has 0 unspecified atom stereocenters. The highest BCUT2D eigenvalue weighted by molar-refractivity contribution is 5.43. The third kappa shape index (κ3) is 7.51. The minimum atomic E-state index is -0.526. The number of β-amino-alcohol motifs (C(OH)–C–C–N with tert-alkyl or cyclic N) is 1. The molecule has 1 heterocycles. The summed E-state index contributed by atoms with van der Waals surface area (Å²) in [6.45, 7) is 9.82. The quantitative estimate of drug-likeness (QED) is 0.595. The number of rotatable bonds is 11. The molecule has 2 aromatic rings. The highest BCUT2D eigenvalue weighted by Crippen LogP contribution is 2.29. The van der Waals surface area contributed by atoms with E-state index in [0.717, 1.165) is 45.8 Å². The number of hydrogen-bond donors (Lipinski definition) is 1. The Hall–Kier alpha value is -2.12. The molecule has 1 aliphatic rings. The number of aliphatic hydroxyl groups excluding tert-OH is 1. The van der Waals surface area contributed by atoms with Crippen LogP contribution in [0.5, 0.6) is 11.5 Å². The Kier molecular flexibility index (Phi) is 9.15. The fourth-order valence-electron chi connectivity index (χ4n) is 3.88. The molecule has 0 saturated carbocycles. The summed E-state index contributed by atoms with van der Waals surface area (Å²) < 4.78 is 11.5. The Morgan fingerprint density at radius 3 is 2.35 bits per heavy atom. The Balaban J connectivity index is 1.56. The Morgan fingerprint density at radius 1 is 0.968 bits per heavy atom. The molecule has 0 spiro atoms. The zero-order chi connectivity index (χ0) is 22.1. The van der Waals surface area contributed by atoms with E-state index in [1.807, 2.05) is 18.2 Å². The van der Waals surface area contributed by atoms with Crippen molar-refractivity contribution in [2.24, 2.45) is 0 Å². The van der Waals surface area contributed by atoms with Crippen molar-refractivity contribution in [2.45, 2.75) is 26.1 Å². The van der Waals surface area contributed by atoms with Gasteiger partial charge < -0.3 is 19.5 Å². The zero-order valence-corrected chi connectivity index (χ0v) is 19.2. The van der Waals surface area contributed by atoms with Gasteiger partial charge in [0, 0.05) is 45.8 Å². The second-order valence-corrected chi connectivity index (χ2v) is 8.34. The lowest BCUT2D eigenvalue weighted by Crippen LogP contribution is -2.47. The fraction of sp³-hybridized carbons (Fsp3) is 0.520. The fourth-order valence-corrected chi connectivity index (χ4v) is 3.88. The van der Waals surface area contributed by atoms with Crippen molar-refractivity contribution in [3.63, 3.8) is 0 Å². The number of hydrogen-bond acceptors (Lipinski definition) is 6. The highest BCUT2D eigenvalue weighted by atomic mass is 16.5. The number of nitrogens with zero attached hydrogens (tertiary/aromatic N) is 3. The maximum absolute atomic E-state index is 10.5. The van der Waals surface area contributed by atoms with Crippen LogP contribution in [0.25, 0.3) is 0 Å². The van der Waals surface area contributed by atoms with E-state index in [9.17, 15) is 5.11 Å². The Bertz CT molecular complexity index is 779. The van der Waals surface area contributed by atoms with Gasteiger partial charge in [-0.2, -0.15) is 0 Å². The predicted molar refractivity (Wildman–Crippen MR) is 125 cm³/mol. The van der Waals surface area contributed by atoms with Crippen molar-refractivity contribution in [2.75, 3.05) is 60.0 Å². The van der Waals surface area contributed by atoms with E-state index in [0.29, 0.717) is 18.0 Å². The summed E-state index contributed by atoms with van der Waals surface area (Å²) in [6, 6.07) is 16.6. The summed E-state index contributed by atoms with van der Waals surface area (Å²) in [5.74, 6) is 1.38. The lowest BCUT2D eigenvalue weighted by atomic mass is 10.1. The van der Waals surface area contributed by atoms with Crippen LogP contribution in [0.2, 0.25) is 0 Å². The molecule has 0 amide bonds. The van der Waals surface area contributed by atoms with Gasteiger partial charge in [-0.3, -0.25) is 9.80 Å². The van der Waals surface area contributed by atoms with E-state index in [1.54, 1.807) is 7.11 Å². The molecule has 0 bridgehead atoms. The van der Waals surface area contributed by atoms with Crippen LogP contribution < -0.4 is 9.47 Å². The number of aliphatic hydroxyl groups is 1.